The zero-order valence-corrected chi connectivity index (χ0v) is 11.1. The average Bonchev–Trinajstić information content (AvgIpc) is 2.76. The van der Waals surface area contributed by atoms with E-state index in [2.05, 4.69) is 9.97 Å². The number of halogens is 2. The highest BCUT2D eigenvalue weighted by molar-refractivity contribution is 6.30. The van der Waals surface area contributed by atoms with Crippen LogP contribution in [0.3, 0.4) is 0 Å². The van der Waals surface area contributed by atoms with Gasteiger partial charge in [-0.2, -0.15) is 0 Å². The number of imidazole rings is 1. The highest BCUT2D eigenvalue weighted by Gasteiger charge is 2.14. The van der Waals surface area contributed by atoms with Gasteiger partial charge in [0.1, 0.15) is 11.6 Å². The van der Waals surface area contributed by atoms with Crippen LogP contribution in [0.15, 0.2) is 30.6 Å². The second kappa shape index (κ2) is 5.40. The molecule has 0 saturated carbocycles. The van der Waals surface area contributed by atoms with Crippen molar-refractivity contribution in [1.29, 1.82) is 0 Å². The normalized spacial score (nSPS) is 10.9. The summed E-state index contributed by atoms with van der Waals surface area (Å²) in [5, 5.41) is 0.398. The molecule has 1 aromatic heterocycles. The number of rotatable bonds is 4. The van der Waals surface area contributed by atoms with Crippen LogP contribution >= 0.6 is 11.6 Å². The molecule has 1 aromatic carbocycles. The van der Waals surface area contributed by atoms with E-state index in [0.717, 1.165) is 11.5 Å². The van der Waals surface area contributed by atoms with E-state index in [1.165, 1.54) is 12.1 Å². The first-order valence-corrected chi connectivity index (χ1v) is 6.15. The molecule has 1 N–H and O–H groups in total. The molecular weight excluding hydrogens is 253 g/mol. The maximum Gasteiger partial charge on any atom is 0.126 e. The number of aromatic amines is 1. The molecule has 2 rings (SSSR count). The van der Waals surface area contributed by atoms with Crippen molar-refractivity contribution in [2.75, 3.05) is 4.90 Å². The van der Waals surface area contributed by atoms with Crippen molar-refractivity contribution in [2.24, 2.45) is 0 Å². The van der Waals surface area contributed by atoms with Crippen LogP contribution < -0.4 is 4.90 Å². The van der Waals surface area contributed by atoms with Gasteiger partial charge in [-0.15, -0.1) is 0 Å². The standard InChI is InChI=1S/C13H15ClFN3/c1-9(2)18(8-13-16-3-4-17-13)12-6-10(14)5-11(15)7-12/h3-7,9H,8H2,1-2H3,(H,16,17). The Morgan fingerprint density at radius 2 is 2.17 bits per heavy atom. The van der Waals surface area contributed by atoms with Gasteiger partial charge in [-0.3, -0.25) is 0 Å². The van der Waals surface area contributed by atoms with Gasteiger partial charge in [0.15, 0.2) is 0 Å². The number of nitrogens with zero attached hydrogens (tertiary/aromatic N) is 2. The summed E-state index contributed by atoms with van der Waals surface area (Å²) < 4.78 is 13.4. The second-order valence-corrected chi connectivity index (χ2v) is 4.82. The van der Waals surface area contributed by atoms with E-state index in [0.29, 0.717) is 11.6 Å². The van der Waals surface area contributed by atoms with Crippen LogP contribution in [0, 0.1) is 5.82 Å². The van der Waals surface area contributed by atoms with Crippen LogP contribution in [-0.2, 0) is 6.54 Å². The van der Waals surface area contributed by atoms with Crippen LogP contribution in [-0.4, -0.2) is 16.0 Å². The lowest BCUT2D eigenvalue weighted by atomic mass is 10.2. The summed E-state index contributed by atoms with van der Waals surface area (Å²) in [7, 11) is 0. The average molecular weight is 268 g/mol. The van der Waals surface area contributed by atoms with Gasteiger partial charge in [0.2, 0.25) is 0 Å². The number of H-pyrrole nitrogens is 1. The molecule has 0 unspecified atom stereocenters. The Morgan fingerprint density at radius 3 is 2.72 bits per heavy atom. The Hall–Kier alpha value is -1.55. The molecule has 2 aromatic rings. The summed E-state index contributed by atoms with van der Waals surface area (Å²) in [4.78, 5) is 9.26. The predicted octanol–water partition coefficient (Wildman–Crippen LogP) is 3.62. The van der Waals surface area contributed by atoms with Gasteiger partial charge in [-0.1, -0.05) is 11.6 Å². The first-order chi connectivity index (χ1) is 8.56. The molecular formula is C13H15ClFN3. The first-order valence-electron chi connectivity index (χ1n) is 5.77. The minimum Gasteiger partial charge on any atom is -0.362 e. The molecule has 0 amide bonds. The topological polar surface area (TPSA) is 31.9 Å². The lowest BCUT2D eigenvalue weighted by molar-refractivity contribution is 0.620. The monoisotopic (exact) mass is 267 g/mol. The molecule has 0 aliphatic rings. The number of hydrogen-bond donors (Lipinski definition) is 1. The zero-order chi connectivity index (χ0) is 13.1. The third-order valence-corrected chi connectivity index (χ3v) is 2.90. The van der Waals surface area contributed by atoms with E-state index in [1.54, 1.807) is 18.5 Å². The number of hydrogen-bond acceptors (Lipinski definition) is 2. The van der Waals surface area contributed by atoms with Crippen molar-refractivity contribution in [1.82, 2.24) is 9.97 Å². The van der Waals surface area contributed by atoms with Crippen LogP contribution in [0.25, 0.3) is 0 Å². The van der Waals surface area contributed by atoms with Crippen molar-refractivity contribution in [3.05, 3.63) is 47.3 Å². The minimum absolute atomic E-state index is 0.216. The third kappa shape index (κ3) is 3.01. The van der Waals surface area contributed by atoms with Crippen LogP contribution in [0.2, 0.25) is 5.02 Å². The maximum absolute atomic E-state index is 13.4. The van der Waals surface area contributed by atoms with Crippen molar-refractivity contribution in [3.63, 3.8) is 0 Å². The van der Waals surface area contributed by atoms with E-state index < -0.39 is 0 Å². The number of nitrogens with one attached hydrogen (secondary N) is 1. The number of anilines is 1. The van der Waals surface area contributed by atoms with Crippen molar-refractivity contribution in [2.45, 2.75) is 26.4 Å². The lowest BCUT2D eigenvalue weighted by Crippen LogP contribution is -2.30. The maximum atomic E-state index is 13.4. The van der Waals surface area contributed by atoms with Gasteiger partial charge in [-0.05, 0) is 32.0 Å². The summed E-state index contributed by atoms with van der Waals surface area (Å²) >= 11 is 5.89. The second-order valence-electron chi connectivity index (χ2n) is 4.39. The molecule has 0 saturated heterocycles. The van der Waals surface area contributed by atoms with Gasteiger partial charge < -0.3 is 9.88 Å². The SMILES string of the molecule is CC(C)N(Cc1ncc[nH]1)c1cc(F)cc(Cl)c1. The Bertz CT molecular complexity index is 491. The van der Waals surface area contributed by atoms with E-state index in [1.807, 2.05) is 18.7 Å². The fraction of sp³-hybridized carbons (Fsp3) is 0.308. The predicted molar refractivity (Wildman–Crippen MR) is 71.3 cm³/mol. The molecule has 0 aliphatic heterocycles. The molecule has 5 heteroatoms. The van der Waals surface area contributed by atoms with Gasteiger partial charge >= 0.3 is 0 Å². The minimum atomic E-state index is -0.331. The van der Waals surface area contributed by atoms with Crippen molar-refractivity contribution in [3.8, 4) is 0 Å². The molecule has 0 fully saturated rings. The van der Waals surface area contributed by atoms with Gasteiger partial charge in [0.05, 0.1) is 6.54 Å². The Morgan fingerprint density at radius 1 is 1.39 bits per heavy atom. The third-order valence-electron chi connectivity index (χ3n) is 2.68. The van der Waals surface area contributed by atoms with Crippen molar-refractivity contribution >= 4 is 17.3 Å². The summed E-state index contributed by atoms with van der Waals surface area (Å²) in [6.45, 7) is 4.67. The molecule has 0 spiro atoms. The molecule has 0 bridgehead atoms. The van der Waals surface area contributed by atoms with E-state index >= 15 is 0 Å². The molecule has 0 radical (unpaired) electrons. The fourth-order valence-corrected chi connectivity index (χ4v) is 2.04. The molecule has 0 atom stereocenters. The smallest absolute Gasteiger partial charge is 0.126 e. The molecule has 96 valence electrons. The fourth-order valence-electron chi connectivity index (χ4n) is 1.82. The van der Waals surface area contributed by atoms with E-state index in [9.17, 15) is 4.39 Å². The lowest BCUT2D eigenvalue weighted by Gasteiger charge is -2.28. The molecule has 0 aliphatic carbocycles. The van der Waals surface area contributed by atoms with Gasteiger partial charge in [0.25, 0.3) is 0 Å². The van der Waals surface area contributed by atoms with Gasteiger partial charge in [-0.25, -0.2) is 9.37 Å². The Balaban J connectivity index is 2.29. The zero-order valence-electron chi connectivity index (χ0n) is 10.3. The highest BCUT2D eigenvalue weighted by Crippen LogP contribution is 2.24. The summed E-state index contributed by atoms with van der Waals surface area (Å²) in [5.41, 5.74) is 0.756. The molecule has 1 heterocycles. The summed E-state index contributed by atoms with van der Waals surface area (Å²) in [6, 6.07) is 4.76. The van der Waals surface area contributed by atoms with Crippen LogP contribution in [0.4, 0.5) is 10.1 Å². The van der Waals surface area contributed by atoms with Crippen molar-refractivity contribution < 1.29 is 4.39 Å². The van der Waals surface area contributed by atoms with Gasteiger partial charge in [0, 0.05) is 29.1 Å². The largest absolute Gasteiger partial charge is 0.362 e. The summed E-state index contributed by atoms with van der Waals surface area (Å²) in [5.74, 6) is 0.506. The Kier molecular flexibility index (Phi) is 3.87. The number of benzene rings is 1. The van der Waals surface area contributed by atoms with E-state index in [-0.39, 0.29) is 11.9 Å². The molecule has 18 heavy (non-hydrogen) atoms. The molecule has 3 nitrogen and oxygen atoms in total. The highest BCUT2D eigenvalue weighted by atomic mass is 35.5. The van der Waals surface area contributed by atoms with Crippen LogP contribution in [0.5, 0.6) is 0 Å². The first kappa shape index (κ1) is 12.9. The Labute approximate surface area is 111 Å². The quantitative estimate of drug-likeness (QED) is 0.918. The number of aromatic nitrogens is 2. The van der Waals surface area contributed by atoms with Crippen LogP contribution in [0.1, 0.15) is 19.7 Å². The van der Waals surface area contributed by atoms with E-state index in [4.69, 9.17) is 11.6 Å². The summed E-state index contributed by atoms with van der Waals surface area (Å²) in [6.07, 6.45) is 3.47.